The van der Waals surface area contributed by atoms with Gasteiger partial charge in [0.1, 0.15) is 0 Å². The van der Waals surface area contributed by atoms with E-state index in [1.807, 2.05) is 0 Å². The quantitative estimate of drug-likeness (QED) is 0.169. The monoisotopic (exact) mass is 656 g/mol. The summed E-state index contributed by atoms with van der Waals surface area (Å²) in [6, 6.07) is 36.6. The molecule has 0 bridgehead atoms. The Bertz CT molecular complexity index is 1850. The van der Waals surface area contributed by atoms with E-state index < -0.39 is 0 Å². The molecule has 0 fully saturated rings. The molecular weight excluding hydrogens is 605 g/mol. The van der Waals surface area contributed by atoms with Gasteiger partial charge in [-0.3, -0.25) is 0 Å². The second kappa shape index (κ2) is 13.7. The number of aryl methyl sites for hydroxylation is 8. The van der Waals surface area contributed by atoms with Crippen molar-refractivity contribution in [1.82, 2.24) is 0 Å². The zero-order valence-electron chi connectivity index (χ0n) is 32.1. The first-order chi connectivity index (χ1) is 23.7. The van der Waals surface area contributed by atoms with E-state index >= 15 is 0 Å². The maximum atomic E-state index is 2.40. The van der Waals surface area contributed by atoms with Crippen LogP contribution in [0.15, 0.2) is 97.1 Å². The molecule has 0 aliphatic rings. The highest BCUT2D eigenvalue weighted by molar-refractivity contribution is 5.82. The van der Waals surface area contributed by atoms with Gasteiger partial charge in [0.15, 0.2) is 0 Å². The number of hydrogen-bond donors (Lipinski definition) is 0. The van der Waals surface area contributed by atoms with Gasteiger partial charge in [-0.05, 0) is 234 Å². The summed E-state index contributed by atoms with van der Waals surface area (Å²) in [6.45, 7) is 26.6. The van der Waals surface area contributed by atoms with Gasteiger partial charge in [0.25, 0.3) is 0 Å². The second-order valence-electron chi connectivity index (χ2n) is 14.6. The molecule has 2 heteroatoms. The Labute approximate surface area is 301 Å². The molecule has 0 aliphatic carbocycles. The van der Waals surface area contributed by atoms with E-state index in [1.165, 1.54) is 101 Å². The van der Waals surface area contributed by atoms with Crippen molar-refractivity contribution in [2.75, 3.05) is 9.80 Å². The van der Waals surface area contributed by atoms with Crippen molar-refractivity contribution in [2.24, 2.45) is 0 Å². The largest absolute Gasteiger partial charge is 0.310 e. The molecule has 6 aromatic carbocycles. The van der Waals surface area contributed by atoms with Crippen molar-refractivity contribution in [3.8, 4) is 11.1 Å². The highest BCUT2D eigenvalue weighted by Gasteiger charge is 2.18. The van der Waals surface area contributed by atoms with Crippen molar-refractivity contribution in [3.05, 3.63) is 164 Å². The number of rotatable bonds is 7. The van der Waals surface area contributed by atoms with Crippen LogP contribution in [0.5, 0.6) is 0 Å². The SMILES string of the molecule is Cc1cc(N(c2ccc(-c3ccc(N(c4cc(C)c(C)c(C)c4)c4cc(C)c(C)c(C)c4)cc3)cc2)c2cc(C)c(C)c(C)c2)cc(C)c1C. The van der Waals surface area contributed by atoms with Crippen molar-refractivity contribution in [1.29, 1.82) is 0 Å². The lowest BCUT2D eigenvalue weighted by atomic mass is 9.99. The molecule has 0 heterocycles. The zero-order valence-corrected chi connectivity index (χ0v) is 32.1. The van der Waals surface area contributed by atoms with Crippen molar-refractivity contribution in [3.63, 3.8) is 0 Å². The minimum absolute atomic E-state index is 1.15. The average Bonchev–Trinajstić information content (AvgIpc) is 3.08. The van der Waals surface area contributed by atoms with Crippen LogP contribution in [0, 0.1) is 83.1 Å². The number of benzene rings is 6. The van der Waals surface area contributed by atoms with E-state index in [4.69, 9.17) is 0 Å². The minimum Gasteiger partial charge on any atom is -0.310 e. The first-order valence-electron chi connectivity index (χ1n) is 17.9. The van der Waals surface area contributed by atoms with Crippen molar-refractivity contribution in [2.45, 2.75) is 83.1 Å². The lowest BCUT2D eigenvalue weighted by molar-refractivity contribution is 1.19. The Hall–Kier alpha value is -5.08. The molecular formula is C48H52N2. The maximum Gasteiger partial charge on any atom is 0.0467 e. The summed E-state index contributed by atoms with van der Waals surface area (Å²) in [6.07, 6.45) is 0. The summed E-state index contributed by atoms with van der Waals surface area (Å²) in [7, 11) is 0. The summed E-state index contributed by atoms with van der Waals surface area (Å²) in [5.74, 6) is 0. The molecule has 0 unspecified atom stereocenters. The molecule has 50 heavy (non-hydrogen) atoms. The molecule has 0 saturated heterocycles. The van der Waals surface area contributed by atoms with E-state index in [-0.39, 0.29) is 0 Å². The summed E-state index contributed by atoms with van der Waals surface area (Å²) < 4.78 is 0. The predicted molar refractivity (Wildman–Crippen MR) is 218 cm³/mol. The van der Waals surface area contributed by atoms with Crippen LogP contribution in [0.3, 0.4) is 0 Å². The molecule has 0 atom stereocenters. The molecule has 0 amide bonds. The highest BCUT2D eigenvalue weighted by atomic mass is 15.1. The molecule has 2 nitrogen and oxygen atoms in total. The van der Waals surface area contributed by atoms with Crippen LogP contribution < -0.4 is 9.80 Å². The van der Waals surface area contributed by atoms with Gasteiger partial charge in [-0.1, -0.05) is 24.3 Å². The van der Waals surface area contributed by atoms with Crippen LogP contribution in [0.4, 0.5) is 34.1 Å². The average molecular weight is 657 g/mol. The van der Waals surface area contributed by atoms with E-state index in [1.54, 1.807) is 0 Å². The van der Waals surface area contributed by atoms with Crippen LogP contribution >= 0.6 is 0 Å². The van der Waals surface area contributed by atoms with Gasteiger partial charge in [-0.15, -0.1) is 0 Å². The fourth-order valence-corrected chi connectivity index (χ4v) is 7.07. The van der Waals surface area contributed by atoms with E-state index in [0.29, 0.717) is 0 Å². The summed E-state index contributed by atoms with van der Waals surface area (Å²) in [5, 5.41) is 0. The van der Waals surface area contributed by atoms with E-state index in [9.17, 15) is 0 Å². The van der Waals surface area contributed by atoms with Gasteiger partial charge in [0.2, 0.25) is 0 Å². The van der Waals surface area contributed by atoms with Crippen molar-refractivity contribution >= 4 is 34.1 Å². The Balaban J connectivity index is 1.40. The third kappa shape index (κ3) is 6.60. The van der Waals surface area contributed by atoms with Gasteiger partial charge >= 0.3 is 0 Å². The molecule has 0 spiro atoms. The van der Waals surface area contributed by atoms with Crippen LogP contribution in [-0.2, 0) is 0 Å². The Kier molecular flexibility index (Phi) is 9.51. The topological polar surface area (TPSA) is 6.48 Å². The molecule has 0 saturated carbocycles. The lowest BCUT2D eigenvalue weighted by Gasteiger charge is -2.28. The first kappa shape index (κ1) is 34.8. The fraction of sp³-hybridized carbons (Fsp3) is 0.250. The molecule has 0 N–H and O–H groups in total. The van der Waals surface area contributed by atoms with Gasteiger partial charge in [-0.2, -0.15) is 0 Å². The third-order valence-electron chi connectivity index (χ3n) is 11.3. The number of hydrogen-bond acceptors (Lipinski definition) is 2. The number of anilines is 6. The second-order valence-corrected chi connectivity index (χ2v) is 14.6. The maximum absolute atomic E-state index is 2.40. The van der Waals surface area contributed by atoms with Crippen LogP contribution in [0.25, 0.3) is 11.1 Å². The molecule has 6 aromatic rings. The molecule has 0 radical (unpaired) electrons. The third-order valence-corrected chi connectivity index (χ3v) is 11.3. The Morgan fingerprint density at radius 1 is 0.240 bits per heavy atom. The fourth-order valence-electron chi connectivity index (χ4n) is 7.07. The normalized spacial score (nSPS) is 11.2. The lowest BCUT2D eigenvalue weighted by Crippen LogP contribution is -2.12. The van der Waals surface area contributed by atoms with Crippen LogP contribution in [0.2, 0.25) is 0 Å². The predicted octanol–water partition coefficient (Wildman–Crippen LogP) is 14.0. The Morgan fingerprint density at radius 3 is 0.600 bits per heavy atom. The molecule has 0 aliphatic heterocycles. The summed E-state index contributed by atoms with van der Waals surface area (Å²) >= 11 is 0. The van der Waals surface area contributed by atoms with Gasteiger partial charge in [0.05, 0.1) is 0 Å². The number of nitrogens with zero attached hydrogens (tertiary/aromatic N) is 2. The minimum atomic E-state index is 1.15. The standard InChI is InChI=1S/C48H52N2/c1-29-21-45(22-30(2)37(29)9)49(46-23-31(3)38(10)32(4)24-46)43-17-13-41(14-18-43)42-15-19-44(20-16-42)50(47-25-33(5)39(11)34(6)26-47)48-27-35(7)40(12)36(8)28-48/h13-28H,1-12H3. The van der Waals surface area contributed by atoms with E-state index in [2.05, 4.69) is 190 Å². The van der Waals surface area contributed by atoms with Gasteiger partial charge in [0, 0.05) is 34.1 Å². The summed E-state index contributed by atoms with van der Waals surface area (Å²) in [4.78, 5) is 4.81. The first-order valence-corrected chi connectivity index (χ1v) is 17.9. The van der Waals surface area contributed by atoms with Crippen molar-refractivity contribution < 1.29 is 0 Å². The molecule has 0 aromatic heterocycles. The summed E-state index contributed by atoms with van der Waals surface area (Å²) in [5.41, 5.74) is 25.3. The van der Waals surface area contributed by atoms with Gasteiger partial charge in [-0.25, -0.2) is 0 Å². The zero-order chi connectivity index (χ0) is 36.0. The smallest absolute Gasteiger partial charge is 0.0467 e. The van der Waals surface area contributed by atoms with Gasteiger partial charge < -0.3 is 9.80 Å². The molecule has 254 valence electrons. The van der Waals surface area contributed by atoms with Crippen LogP contribution in [0.1, 0.15) is 66.8 Å². The van der Waals surface area contributed by atoms with Crippen LogP contribution in [-0.4, -0.2) is 0 Å². The molecule has 6 rings (SSSR count). The Morgan fingerprint density at radius 2 is 0.420 bits per heavy atom. The highest BCUT2D eigenvalue weighted by Crippen LogP contribution is 2.41. The van der Waals surface area contributed by atoms with E-state index in [0.717, 1.165) is 11.4 Å².